The zero-order valence-corrected chi connectivity index (χ0v) is 12.0. The molecule has 6 heteroatoms. The molecule has 6 nitrogen and oxygen atoms in total. The topological polar surface area (TPSA) is 79.5 Å². The predicted molar refractivity (Wildman–Crippen MR) is 74.9 cm³/mol. The summed E-state index contributed by atoms with van der Waals surface area (Å²) in [6, 6.07) is 4.66. The number of hydrogen-bond donors (Lipinski definition) is 0. The Morgan fingerprint density at radius 2 is 2.00 bits per heavy atom. The molecule has 110 valence electrons. The molecule has 0 aliphatic carbocycles. The molecule has 0 fully saturated rings. The van der Waals surface area contributed by atoms with Gasteiger partial charge in [-0.3, -0.25) is 0 Å². The fourth-order valence-corrected chi connectivity index (χ4v) is 2.12. The van der Waals surface area contributed by atoms with E-state index < -0.39 is 11.9 Å². The summed E-state index contributed by atoms with van der Waals surface area (Å²) in [6.07, 6.45) is 1.36. The number of hydrogen-bond acceptors (Lipinski definition) is 5. The third-order valence-electron chi connectivity index (χ3n) is 3.17. The number of esters is 2. The maximum absolute atomic E-state index is 12.1. The Labute approximate surface area is 121 Å². The Bertz CT molecular complexity index is 724. The van der Waals surface area contributed by atoms with Crippen LogP contribution in [0.25, 0.3) is 10.8 Å². The summed E-state index contributed by atoms with van der Waals surface area (Å²) in [6.45, 7) is 3.41. The van der Waals surface area contributed by atoms with Crippen molar-refractivity contribution in [3.05, 3.63) is 46.4 Å². The summed E-state index contributed by atoms with van der Waals surface area (Å²) in [5, 5.41) is 12.9. The van der Waals surface area contributed by atoms with Crippen molar-refractivity contribution in [2.75, 3.05) is 13.7 Å². The Balaban J connectivity index is 2.75. The first-order valence-corrected chi connectivity index (χ1v) is 6.41. The normalized spacial score (nSPS) is 10.4. The second-order valence-corrected chi connectivity index (χ2v) is 4.43. The van der Waals surface area contributed by atoms with Crippen molar-refractivity contribution in [1.29, 1.82) is 0 Å². The molecular weight excluding hydrogens is 274 g/mol. The second kappa shape index (κ2) is 5.78. The molecule has 1 aromatic carbocycles. The van der Waals surface area contributed by atoms with Crippen molar-refractivity contribution in [2.24, 2.45) is 0 Å². The number of fused-ring (bicyclic) bond motifs is 1. The van der Waals surface area contributed by atoms with E-state index in [2.05, 4.69) is 4.74 Å². The molecule has 0 aliphatic rings. The highest BCUT2D eigenvalue weighted by Gasteiger charge is 2.22. The van der Waals surface area contributed by atoms with Crippen molar-refractivity contribution < 1.29 is 23.8 Å². The van der Waals surface area contributed by atoms with Gasteiger partial charge in [0.2, 0.25) is 5.69 Å². The van der Waals surface area contributed by atoms with Crippen molar-refractivity contribution in [1.82, 2.24) is 0 Å². The molecule has 2 aromatic rings. The molecule has 2 rings (SSSR count). The number of aromatic nitrogens is 1. The van der Waals surface area contributed by atoms with E-state index in [1.165, 1.54) is 26.3 Å². The number of methoxy groups -OCH3 is 1. The molecule has 0 saturated carbocycles. The van der Waals surface area contributed by atoms with Gasteiger partial charge < -0.3 is 14.7 Å². The molecule has 1 heterocycles. The number of pyridine rings is 1. The van der Waals surface area contributed by atoms with Crippen LogP contribution in [0.15, 0.2) is 24.4 Å². The number of rotatable bonds is 3. The minimum Gasteiger partial charge on any atom is -0.618 e. The summed E-state index contributed by atoms with van der Waals surface area (Å²) in [4.78, 5) is 23.7. The van der Waals surface area contributed by atoms with Gasteiger partial charge in [-0.1, -0.05) is 0 Å². The van der Waals surface area contributed by atoms with Gasteiger partial charge in [-0.2, -0.15) is 4.73 Å². The predicted octanol–water partition coefficient (Wildman–Crippen LogP) is 1.74. The summed E-state index contributed by atoms with van der Waals surface area (Å²) in [5.41, 5.74) is 0.691. The van der Waals surface area contributed by atoms with Crippen LogP contribution in [0.4, 0.5) is 0 Å². The van der Waals surface area contributed by atoms with Crippen molar-refractivity contribution in [3.63, 3.8) is 0 Å². The summed E-state index contributed by atoms with van der Waals surface area (Å²) in [5.74, 6) is -1.10. The maximum atomic E-state index is 12.1. The summed E-state index contributed by atoms with van der Waals surface area (Å²) >= 11 is 0. The van der Waals surface area contributed by atoms with Crippen LogP contribution < -0.4 is 4.73 Å². The van der Waals surface area contributed by atoms with Crippen LogP contribution in [0.3, 0.4) is 0 Å². The molecule has 0 bridgehead atoms. The van der Waals surface area contributed by atoms with E-state index in [1.807, 2.05) is 0 Å². The standard InChI is InChI=1S/C15H15NO5/c1-4-21-15(18)13-9(2)16(19)8-11-6-5-10(7-12(11)13)14(17)20-3/h5-8H,4H2,1-3H3. The minimum absolute atomic E-state index is 0.162. The molecule has 0 unspecified atom stereocenters. The molecule has 0 saturated heterocycles. The largest absolute Gasteiger partial charge is 0.618 e. The maximum Gasteiger partial charge on any atom is 0.345 e. The van der Waals surface area contributed by atoms with Crippen LogP contribution >= 0.6 is 0 Å². The Morgan fingerprint density at radius 1 is 1.29 bits per heavy atom. The van der Waals surface area contributed by atoms with E-state index in [0.717, 1.165) is 0 Å². The highest BCUT2D eigenvalue weighted by Crippen LogP contribution is 2.22. The third kappa shape index (κ3) is 2.65. The van der Waals surface area contributed by atoms with E-state index in [4.69, 9.17) is 4.74 Å². The highest BCUT2D eigenvalue weighted by atomic mass is 16.5. The zero-order chi connectivity index (χ0) is 15.6. The van der Waals surface area contributed by atoms with E-state index in [1.54, 1.807) is 19.1 Å². The smallest absolute Gasteiger partial charge is 0.345 e. The van der Waals surface area contributed by atoms with E-state index in [9.17, 15) is 14.8 Å². The second-order valence-electron chi connectivity index (χ2n) is 4.43. The number of ether oxygens (including phenoxy) is 2. The molecular formula is C15H15NO5. The Hall–Kier alpha value is -2.63. The molecule has 0 spiro atoms. The lowest BCUT2D eigenvalue weighted by molar-refractivity contribution is -0.610. The van der Waals surface area contributed by atoms with Gasteiger partial charge in [-0.15, -0.1) is 0 Å². The zero-order valence-electron chi connectivity index (χ0n) is 12.0. The van der Waals surface area contributed by atoms with Gasteiger partial charge in [0.15, 0.2) is 6.20 Å². The van der Waals surface area contributed by atoms with Gasteiger partial charge >= 0.3 is 11.9 Å². The number of carbonyl (C=O) groups is 2. The first kappa shape index (κ1) is 14.8. The lowest BCUT2D eigenvalue weighted by Crippen LogP contribution is -2.32. The van der Waals surface area contributed by atoms with Crippen LogP contribution in [-0.4, -0.2) is 25.7 Å². The van der Waals surface area contributed by atoms with Crippen molar-refractivity contribution in [3.8, 4) is 0 Å². The SMILES string of the molecule is CCOC(=O)c1c(C)[n+]([O-])cc2ccc(C(=O)OC)cc12. The molecule has 21 heavy (non-hydrogen) atoms. The van der Waals surface area contributed by atoms with Crippen molar-refractivity contribution in [2.45, 2.75) is 13.8 Å². The van der Waals surface area contributed by atoms with E-state index in [0.29, 0.717) is 21.1 Å². The first-order valence-electron chi connectivity index (χ1n) is 6.41. The van der Waals surface area contributed by atoms with Gasteiger partial charge in [0, 0.05) is 17.7 Å². The van der Waals surface area contributed by atoms with Gasteiger partial charge in [-0.25, -0.2) is 9.59 Å². The van der Waals surface area contributed by atoms with Crippen LogP contribution in [0.5, 0.6) is 0 Å². The van der Waals surface area contributed by atoms with Crippen LogP contribution in [0.1, 0.15) is 33.3 Å². The lowest BCUT2D eigenvalue weighted by Gasteiger charge is -2.10. The molecule has 0 amide bonds. The Kier molecular flexibility index (Phi) is 4.07. The first-order chi connectivity index (χ1) is 9.99. The van der Waals surface area contributed by atoms with E-state index >= 15 is 0 Å². The van der Waals surface area contributed by atoms with Gasteiger partial charge in [-0.05, 0) is 25.1 Å². The monoisotopic (exact) mass is 289 g/mol. The molecule has 0 aliphatic heterocycles. The molecule has 0 radical (unpaired) electrons. The van der Waals surface area contributed by atoms with Gasteiger partial charge in [0.25, 0.3) is 0 Å². The molecule has 1 aromatic heterocycles. The highest BCUT2D eigenvalue weighted by molar-refractivity contribution is 6.06. The minimum atomic E-state index is -0.591. The summed E-state index contributed by atoms with van der Waals surface area (Å²) in [7, 11) is 1.28. The van der Waals surface area contributed by atoms with Crippen LogP contribution in [0.2, 0.25) is 0 Å². The van der Waals surface area contributed by atoms with Gasteiger partial charge in [0.1, 0.15) is 5.56 Å². The Morgan fingerprint density at radius 3 is 2.62 bits per heavy atom. The van der Waals surface area contributed by atoms with Crippen LogP contribution in [0, 0.1) is 12.1 Å². The van der Waals surface area contributed by atoms with E-state index in [-0.39, 0.29) is 17.9 Å². The third-order valence-corrected chi connectivity index (χ3v) is 3.17. The van der Waals surface area contributed by atoms with Crippen molar-refractivity contribution >= 4 is 22.7 Å². The average molecular weight is 289 g/mol. The quantitative estimate of drug-likeness (QED) is 0.488. The fourth-order valence-electron chi connectivity index (χ4n) is 2.12. The summed E-state index contributed by atoms with van der Waals surface area (Å²) < 4.78 is 10.3. The number of benzene rings is 1. The van der Waals surface area contributed by atoms with Gasteiger partial charge in [0.05, 0.1) is 19.3 Å². The lowest BCUT2D eigenvalue weighted by atomic mass is 10.0. The molecule has 0 atom stereocenters. The van der Waals surface area contributed by atoms with Crippen LogP contribution in [-0.2, 0) is 9.47 Å². The average Bonchev–Trinajstić information content (AvgIpc) is 2.47. The number of carbonyl (C=O) groups excluding carboxylic acids is 2. The molecule has 0 N–H and O–H groups in total. The fraction of sp³-hybridized carbons (Fsp3) is 0.267. The number of nitrogens with zero attached hydrogens (tertiary/aromatic N) is 1.